The number of rotatable bonds is 8. The number of guanidine groups is 1. The van der Waals surface area contributed by atoms with Gasteiger partial charge in [-0.05, 0) is 30.9 Å². The monoisotopic (exact) mass is 376 g/mol. The number of aromatic nitrogens is 3. The number of benzene rings is 2. The Morgan fingerprint density at radius 2 is 1.61 bits per heavy atom. The van der Waals surface area contributed by atoms with Crippen molar-refractivity contribution in [3.8, 4) is 0 Å². The summed E-state index contributed by atoms with van der Waals surface area (Å²) in [5.74, 6) is 2.57. The van der Waals surface area contributed by atoms with Crippen molar-refractivity contribution >= 4 is 5.96 Å². The van der Waals surface area contributed by atoms with Gasteiger partial charge >= 0.3 is 0 Å². The van der Waals surface area contributed by atoms with Gasteiger partial charge in [-0.3, -0.25) is 0 Å². The number of nitrogens with zero attached hydrogens (tertiary/aromatic N) is 4. The topological polar surface area (TPSA) is 67.1 Å². The summed E-state index contributed by atoms with van der Waals surface area (Å²) in [5, 5.41) is 15.1. The van der Waals surface area contributed by atoms with Crippen LogP contribution < -0.4 is 10.6 Å². The van der Waals surface area contributed by atoms with E-state index in [9.17, 15) is 0 Å². The van der Waals surface area contributed by atoms with Crippen LogP contribution in [0, 0.1) is 6.92 Å². The van der Waals surface area contributed by atoms with E-state index in [0.29, 0.717) is 13.1 Å². The number of aryl methyl sites for hydroxylation is 2. The molecule has 6 heteroatoms. The van der Waals surface area contributed by atoms with E-state index in [1.54, 1.807) is 0 Å². The van der Waals surface area contributed by atoms with Gasteiger partial charge in [0.15, 0.2) is 11.8 Å². The summed E-state index contributed by atoms with van der Waals surface area (Å²) in [6, 6.07) is 20.8. The molecule has 0 aliphatic rings. The molecule has 0 saturated carbocycles. The fourth-order valence-corrected chi connectivity index (χ4v) is 2.84. The van der Waals surface area contributed by atoms with Crippen LogP contribution in [0.2, 0.25) is 0 Å². The molecule has 0 bridgehead atoms. The second kappa shape index (κ2) is 10.3. The van der Waals surface area contributed by atoms with Gasteiger partial charge in [0.2, 0.25) is 0 Å². The predicted molar refractivity (Wildman–Crippen MR) is 113 cm³/mol. The third-order valence-corrected chi connectivity index (χ3v) is 4.64. The number of nitrogens with one attached hydrogen (secondary N) is 2. The van der Waals surface area contributed by atoms with E-state index in [1.807, 2.05) is 42.8 Å². The van der Waals surface area contributed by atoms with Crippen LogP contribution in [-0.2, 0) is 26.6 Å². The molecule has 0 unspecified atom stereocenters. The third-order valence-electron chi connectivity index (χ3n) is 4.64. The molecular formula is C22H28N6. The van der Waals surface area contributed by atoms with E-state index >= 15 is 0 Å². The molecule has 0 aliphatic carbocycles. The van der Waals surface area contributed by atoms with E-state index in [2.05, 4.69) is 57.2 Å². The molecule has 1 heterocycles. The molecule has 0 atom stereocenters. The molecule has 0 saturated heterocycles. The second-order valence-corrected chi connectivity index (χ2v) is 6.74. The van der Waals surface area contributed by atoms with Gasteiger partial charge in [-0.2, -0.15) is 0 Å². The van der Waals surface area contributed by atoms with Crippen LogP contribution in [0.15, 0.2) is 65.7 Å². The van der Waals surface area contributed by atoms with Gasteiger partial charge in [-0.25, -0.2) is 4.99 Å². The minimum absolute atomic E-state index is 0.580. The van der Waals surface area contributed by atoms with Gasteiger partial charge < -0.3 is 15.2 Å². The van der Waals surface area contributed by atoms with Crippen LogP contribution in [0.4, 0.5) is 0 Å². The van der Waals surface area contributed by atoms with E-state index in [1.165, 1.54) is 11.1 Å². The van der Waals surface area contributed by atoms with Crippen LogP contribution in [0.25, 0.3) is 0 Å². The quantitative estimate of drug-likeness (QED) is 0.360. The normalized spacial score (nSPS) is 11.4. The standard InChI is InChI=1S/C22H28N6/c1-18-26-27-21(28(18)2)17-25-22(24-16-20-12-7-4-8-13-20)23-15-9-14-19-10-5-3-6-11-19/h3-8,10-13H,9,14-17H2,1-2H3,(H2,23,24,25). The minimum Gasteiger partial charge on any atom is -0.356 e. The highest BCUT2D eigenvalue weighted by atomic mass is 15.3. The van der Waals surface area contributed by atoms with Gasteiger partial charge in [-0.15, -0.1) is 10.2 Å². The summed E-state index contributed by atoms with van der Waals surface area (Å²) in [6.07, 6.45) is 2.08. The maximum atomic E-state index is 4.73. The maximum Gasteiger partial charge on any atom is 0.191 e. The highest BCUT2D eigenvalue weighted by Gasteiger charge is 2.06. The molecule has 28 heavy (non-hydrogen) atoms. The Bertz CT molecular complexity index is 871. The Morgan fingerprint density at radius 3 is 2.25 bits per heavy atom. The van der Waals surface area contributed by atoms with Crippen LogP contribution in [0.5, 0.6) is 0 Å². The van der Waals surface area contributed by atoms with Crippen molar-refractivity contribution in [1.82, 2.24) is 25.4 Å². The van der Waals surface area contributed by atoms with Crippen LogP contribution in [0.3, 0.4) is 0 Å². The molecule has 1 aromatic heterocycles. The van der Waals surface area contributed by atoms with Crippen molar-refractivity contribution in [2.45, 2.75) is 32.9 Å². The smallest absolute Gasteiger partial charge is 0.191 e. The van der Waals surface area contributed by atoms with E-state index in [-0.39, 0.29) is 0 Å². The Kier molecular flexibility index (Phi) is 7.18. The van der Waals surface area contributed by atoms with Gasteiger partial charge in [0.05, 0.1) is 13.1 Å². The molecule has 6 nitrogen and oxygen atoms in total. The van der Waals surface area contributed by atoms with Gasteiger partial charge in [0, 0.05) is 13.6 Å². The van der Waals surface area contributed by atoms with Crippen molar-refractivity contribution in [3.63, 3.8) is 0 Å². The first-order valence-corrected chi connectivity index (χ1v) is 9.67. The first-order valence-electron chi connectivity index (χ1n) is 9.67. The summed E-state index contributed by atoms with van der Waals surface area (Å²) in [6.45, 7) is 4.01. The summed E-state index contributed by atoms with van der Waals surface area (Å²) >= 11 is 0. The lowest BCUT2D eigenvalue weighted by molar-refractivity contribution is 0.700. The highest BCUT2D eigenvalue weighted by Crippen LogP contribution is 2.03. The molecule has 0 fully saturated rings. The summed E-state index contributed by atoms with van der Waals surface area (Å²) in [7, 11) is 1.97. The van der Waals surface area contributed by atoms with Gasteiger partial charge in [-0.1, -0.05) is 60.7 Å². The second-order valence-electron chi connectivity index (χ2n) is 6.74. The van der Waals surface area contributed by atoms with Crippen molar-refractivity contribution in [2.24, 2.45) is 12.0 Å². The third kappa shape index (κ3) is 5.94. The Balaban J connectivity index is 1.56. The van der Waals surface area contributed by atoms with Gasteiger partial charge in [0.1, 0.15) is 5.82 Å². The minimum atomic E-state index is 0.580. The Morgan fingerprint density at radius 1 is 0.929 bits per heavy atom. The molecule has 0 radical (unpaired) electrons. The van der Waals surface area contributed by atoms with E-state index < -0.39 is 0 Å². The first-order chi connectivity index (χ1) is 13.7. The zero-order chi connectivity index (χ0) is 19.6. The lowest BCUT2D eigenvalue weighted by atomic mass is 10.1. The lowest BCUT2D eigenvalue weighted by Gasteiger charge is -2.13. The van der Waals surface area contributed by atoms with Crippen LogP contribution in [0.1, 0.15) is 29.2 Å². The average molecular weight is 377 g/mol. The number of hydrogen-bond donors (Lipinski definition) is 2. The van der Waals surface area contributed by atoms with Crippen LogP contribution in [-0.4, -0.2) is 27.3 Å². The number of hydrogen-bond acceptors (Lipinski definition) is 3. The Labute approximate surface area is 166 Å². The number of aliphatic imine (C=N–C) groups is 1. The summed E-state index contributed by atoms with van der Waals surface area (Å²) in [4.78, 5) is 4.73. The summed E-state index contributed by atoms with van der Waals surface area (Å²) < 4.78 is 1.98. The molecule has 0 spiro atoms. The fourth-order valence-electron chi connectivity index (χ4n) is 2.84. The van der Waals surface area contributed by atoms with Crippen molar-refractivity contribution in [2.75, 3.05) is 6.54 Å². The zero-order valence-corrected chi connectivity index (χ0v) is 16.6. The Hall–Kier alpha value is -3.15. The molecule has 3 aromatic rings. The SMILES string of the molecule is Cc1nnc(CNC(=NCc2ccccc2)NCCCc2ccccc2)n1C. The largest absolute Gasteiger partial charge is 0.356 e. The first kappa shape index (κ1) is 19.6. The fraction of sp³-hybridized carbons (Fsp3) is 0.318. The zero-order valence-electron chi connectivity index (χ0n) is 16.6. The molecule has 146 valence electrons. The molecule has 0 amide bonds. The van der Waals surface area contributed by atoms with Crippen molar-refractivity contribution < 1.29 is 0 Å². The molecule has 0 aliphatic heterocycles. The molecule has 2 aromatic carbocycles. The van der Waals surface area contributed by atoms with E-state index in [4.69, 9.17) is 4.99 Å². The maximum absolute atomic E-state index is 4.73. The summed E-state index contributed by atoms with van der Waals surface area (Å²) in [5.41, 5.74) is 2.54. The molecular weight excluding hydrogens is 348 g/mol. The van der Waals surface area contributed by atoms with E-state index in [0.717, 1.165) is 37.0 Å². The van der Waals surface area contributed by atoms with Crippen LogP contribution >= 0.6 is 0 Å². The lowest BCUT2D eigenvalue weighted by Crippen LogP contribution is -2.38. The molecule has 3 rings (SSSR count). The van der Waals surface area contributed by atoms with Crippen molar-refractivity contribution in [3.05, 3.63) is 83.4 Å². The van der Waals surface area contributed by atoms with Gasteiger partial charge in [0.25, 0.3) is 0 Å². The predicted octanol–water partition coefficient (Wildman–Crippen LogP) is 2.99. The highest BCUT2D eigenvalue weighted by molar-refractivity contribution is 5.79. The van der Waals surface area contributed by atoms with Crippen molar-refractivity contribution in [1.29, 1.82) is 0 Å². The molecule has 2 N–H and O–H groups in total. The average Bonchev–Trinajstić information content (AvgIpc) is 3.06.